The summed E-state index contributed by atoms with van der Waals surface area (Å²) in [5, 5.41) is 0.479. The third-order valence-electron chi connectivity index (χ3n) is 3.11. The topological polar surface area (TPSA) is 46.6 Å². The summed E-state index contributed by atoms with van der Waals surface area (Å²) < 4.78 is 31.8. The number of nitrogens with zero attached hydrogens (tertiary/aromatic N) is 1. The number of sulfonamides is 1. The Labute approximate surface area is 123 Å². The summed E-state index contributed by atoms with van der Waals surface area (Å²) in [5.74, 6) is 0.150. The normalized spacial score (nSPS) is 17.4. The van der Waals surface area contributed by atoms with Gasteiger partial charge in [0.1, 0.15) is 4.90 Å². The minimum atomic E-state index is -3.61. The number of rotatable bonds is 3. The second-order valence-electron chi connectivity index (χ2n) is 4.38. The molecule has 106 valence electrons. The van der Waals surface area contributed by atoms with E-state index in [9.17, 15) is 8.42 Å². The molecule has 1 aromatic carbocycles. The van der Waals surface area contributed by atoms with Crippen molar-refractivity contribution in [3.8, 4) is 5.75 Å². The average Bonchev–Trinajstić information content (AvgIpc) is 2.39. The monoisotopic (exact) mass is 323 g/mol. The van der Waals surface area contributed by atoms with Gasteiger partial charge in [0.05, 0.1) is 12.1 Å². The zero-order chi connectivity index (χ0) is 14.0. The van der Waals surface area contributed by atoms with E-state index in [0.29, 0.717) is 13.1 Å². The number of piperidine rings is 1. The minimum Gasteiger partial charge on any atom is -0.494 e. The van der Waals surface area contributed by atoms with Crippen molar-refractivity contribution in [2.75, 3.05) is 20.2 Å². The molecule has 0 N–H and O–H groups in total. The predicted octanol–water partition coefficient (Wildman–Crippen LogP) is 3.18. The highest BCUT2D eigenvalue weighted by molar-refractivity contribution is 7.89. The largest absolute Gasteiger partial charge is 0.494 e. The van der Waals surface area contributed by atoms with Crippen molar-refractivity contribution in [1.82, 2.24) is 4.31 Å². The van der Waals surface area contributed by atoms with E-state index in [-0.39, 0.29) is 20.7 Å². The fourth-order valence-corrected chi connectivity index (χ4v) is 4.58. The van der Waals surface area contributed by atoms with Gasteiger partial charge in [0.25, 0.3) is 0 Å². The highest BCUT2D eigenvalue weighted by atomic mass is 35.5. The van der Waals surface area contributed by atoms with Crippen molar-refractivity contribution in [3.63, 3.8) is 0 Å². The molecule has 7 heteroatoms. The van der Waals surface area contributed by atoms with Crippen LogP contribution < -0.4 is 4.74 Å². The van der Waals surface area contributed by atoms with Crippen molar-refractivity contribution in [2.24, 2.45) is 0 Å². The molecule has 1 heterocycles. The summed E-state index contributed by atoms with van der Waals surface area (Å²) in [5.41, 5.74) is 0. The first-order valence-corrected chi connectivity index (χ1v) is 8.19. The quantitative estimate of drug-likeness (QED) is 0.858. The molecule has 0 atom stereocenters. The van der Waals surface area contributed by atoms with Gasteiger partial charge >= 0.3 is 0 Å². The molecule has 0 radical (unpaired) electrons. The zero-order valence-corrected chi connectivity index (χ0v) is 12.9. The highest BCUT2D eigenvalue weighted by Gasteiger charge is 2.30. The van der Waals surface area contributed by atoms with Crippen LogP contribution in [0.2, 0.25) is 10.0 Å². The predicted molar refractivity (Wildman–Crippen MR) is 75.6 cm³/mol. The van der Waals surface area contributed by atoms with E-state index in [2.05, 4.69) is 0 Å². The molecule has 1 saturated heterocycles. The molecule has 0 unspecified atom stereocenters. The van der Waals surface area contributed by atoms with Crippen molar-refractivity contribution >= 4 is 33.2 Å². The molecule has 0 aromatic heterocycles. The van der Waals surface area contributed by atoms with Crippen molar-refractivity contribution < 1.29 is 13.2 Å². The van der Waals surface area contributed by atoms with E-state index in [1.807, 2.05) is 0 Å². The number of hydrogen-bond acceptors (Lipinski definition) is 3. The highest BCUT2D eigenvalue weighted by Crippen LogP contribution is 2.37. The Kier molecular flexibility index (Phi) is 4.61. The summed E-state index contributed by atoms with van der Waals surface area (Å²) in [6, 6.07) is 2.85. The molecule has 1 aromatic rings. The molecule has 4 nitrogen and oxygen atoms in total. The molecule has 0 bridgehead atoms. The van der Waals surface area contributed by atoms with Gasteiger partial charge in [-0.1, -0.05) is 29.6 Å². The summed E-state index contributed by atoms with van der Waals surface area (Å²) in [4.78, 5) is 0.0365. The molecular formula is C12H15Cl2NO3S. The Morgan fingerprint density at radius 1 is 1.16 bits per heavy atom. The van der Waals surface area contributed by atoms with Crippen molar-refractivity contribution in [3.05, 3.63) is 22.2 Å². The molecule has 19 heavy (non-hydrogen) atoms. The van der Waals surface area contributed by atoms with Crippen LogP contribution in [0.15, 0.2) is 17.0 Å². The molecule has 1 fully saturated rings. The Bertz CT molecular complexity index is 569. The van der Waals surface area contributed by atoms with Gasteiger partial charge < -0.3 is 4.74 Å². The first kappa shape index (κ1) is 14.9. The van der Waals surface area contributed by atoms with Gasteiger partial charge in [-0.05, 0) is 25.0 Å². The van der Waals surface area contributed by atoms with Crippen LogP contribution in [0.25, 0.3) is 0 Å². The van der Waals surface area contributed by atoms with Gasteiger partial charge in [0.2, 0.25) is 10.0 Å². The summed E-state index contributed by atoms with van der Waals surface area (Å²) in [6.07, 6.45) is 2.80. The van der Waals surface area contributed by atoms with E-state index >= 15 is 0 Å². The molecule has 2 rings (SSSR count). The van der Waals surface area contributed by atoms with Crippen LogP contribution >= 0.6 is 23.2 Å². The van der Waals surface area contributed by atoms with Gasteiger partial charge in [-0.2, -0.15) is 4.31 Å². The maximum Gasteiger partial charge on any atom is 0.246 e. The van der Waals surface area contributed by atoms with Gasteiger partial charge in [-0.3, -0.25) is 0 Å². The lowest BCUT2D eigenvalue weighted by atomic mass is 10.2. The maximum absolute atomic E-state index is 12.6. The van der Waals surface area contributed by atoms with Crippen molar-refractivity contribution in [2.45, 2.75) is 24.2 Å². The molecule has 1 aliphatic rings. The molecule has 0 aliphatic carbocycles. The lowest BCUT2D eigenvalue weighted by Crippen LogP contribution is -2.35. The van der Waals surface area contributed by atoms with Crippen LogP contribution in [0.5, 0.6) is 5.75 Å². The van der Waals surface area contributed by atoms with Gasteiger partial charge in [0, 0.05) is 18.1 Å². The Balaban J connectivity index is 2.50. The number of benzene rings is 1. The van der Waals surface area contributed by atoms with Gasteiger partial charge in [0.15, 0.2) is 5.75 Å². The Morgan fingerprint density at radius 3 is 2.37 bits per heavy atom. The molecule has 0 amide bonds. The standard InChI is InChI=1S/C12H15Cl2NO3S/c1-18-12-10(14)7-9(13)8-11(12)19(16,17)15-5-3-2-4-6-15/h7-8H,2-6H2,1H3. The summed E-state index contributed by atoms with van der Waals surface area (Å²) in [6.45, 7) is 1.05. The molecule has 0 saturated carbocycles. The molecule has 0 spiro atoms. The lowest BCUT2D eigenvalue weighted by Gasteiger charge is -2.26. The summed E-state index contributed by atoms with van der Waals surface area (Å²) >= 11 is 11.9. The van der Waals surface area contributed by atoms with Crippen LogP contribution in [0.4, 0.5) is 0 Å². The smallest absolute Gasteiger partial charge is 0.246 e. The minimum absolute atomic E-state index is 0.0365. The Hall–Kier alpha value is -0.490. The number of halogens is 2. The third kappa shape index (κ3) is 2.99. The first-order valence-electron chi connectivity index (χ1n) is 6.00. The maximum atomic E-state index is 12.6. The zero-order valence-electron chi connectivity index (χ0n) is 10.5. The average molecular weight is 324 g/mol. The first-order chi connectivity index (χ1) is 8.96. The number of hydrogen-bond donors (Lipinski definition) is 0. The van der Waals surface area contributed by atoms with E-state index in [1.54, 1.807) is 0 Å². The molecular weight excluding hydrogens is 309 g/mol. The van der Waals surface area contributed by atoms with Crippen LogP contribution in [0.1, 0.15) is 19.3 Å². The van der Waals surface area contributed by atoms with E-state index in [1.165, 1.54) is 23.5 Å². The SMILES string of the molecule is COc1c(Cl)cc(Cl)cc1S(=O)(=O)N1CCCCC1. The summed E-state index contributed by atoms with van der Waals surface area (Å²) in [7, 11) is -2.22. The van der Waals surface area contributed by atoms with Gasteiger partial charge in [-0.15, -0.1) is 0 Å². The fraction of sp³-hybridized carbons (Fsp3) is 0.500. The van der Waals surface area contributed by atoms with Crippen LogP contribution in [0.3, 0.4) is 0 Å². The third-order valence-corrected chi connectivity index (χ3v) is 5.51. The van der Waals surface area contributed by atoms with Crippen LogP contribution in [-0.2, 0) is 10.0 Å². The van der Waals surface area contributed by atoms with E-state index < -0.39 is 10.0 Å². The number of ether oxygens (including phenoxy) is 1. The lowest BCUT2D eigenvalue weighted by molar-refractivity contribution is 0.343. The molecule has 1 aliphatic heterocycles. The number of methoxy groups -OCH3 is 1. The van der Waals surface area contributed by atoms with Crippen molar-refractivity contribution in [1.29, 1.82) is 0 Å². The second-order valence-corrected chi connectivity index (χ2v) is 7.13. The van der Waals surface area contributed by atoms with Crippen LogP contribution in [0, 0.1) is 0 Å². The fourth-order valence-electron chi connectivity index (χ4n) is 2.17. The van der Waals surface area contributed by atoms with Gasteiger partial charge in [-0.25, -0.2) is 8.42 Å². The Morgan fingerprint density at radius 2 is 1.79 bits per heavy atom. The van der Waals surface area contributed by atoms with E-state index in [0.717, 1.165) is 19.3 Å². The van der Waals surface area contributed by atoms with E-state index in [4.69, 9.17) is 27.9 Å². The van der Waals surface area contributed by atoms with Crippen LogP contribution in [-0.4, -0.2) is 32.9 Å². The second kappa shape index (κ2) is 5.87.